The van der Waals surface area contributed by atoms with Gasteiger partial charge >= 0.3 is 0 Å². The van der Waals surface area contributed by atoms with Crippen molar-refractivity contribution in [3.63, 3.8) is 0 Å². The molecule has 0 aliphatic heterocycles. The summed E-state index contributed by atoms with van der Waals surface area (Å²) in [7, 11) is 0. The molecule has 0 unspecified atom stereocenters. The molecule has 8 nitrogen and oxygen atoms in total. The Bertz CT molecular complexity index is 553. The van der Waals surface area contributed by atoms with Gasteiger partial charge in [0.1, 0.15) is 12.7 Å². The SMILES string of the molecule is Nc1ncnc2c1ncn2C(=O)C[C@@H](O)CO. The average Bonchev–Trinajstić information content (AvgIpc) is 2.74. The number of rotatable bonds is 3. The number of nitrogen functional groups attached to an aromatic ring is 1. The summed E-state index contributed by atoms with van der Waals surface area (Å²) >= 11 is 0. The minimum absolute atomic E-state index is 0.184. The molecule has 2 heterocycles. The molecule has 17 heavy (non-hydrogen) atoms. The number of aliphatic hydroxyl groups is 2. The number of aromatic nitrogens is 4. The second-order valence-electron chi connectivity index (χ2n) is 3.48. The third kappa shape index (κ3) is 2.08. The molecule has 0 amide bonds. The van der Waals surface area contributed by atoms with Crippen LogP contribution < -0.4 is 5.73 Å². The van der Waals surface area contributed by atoms with Crippen LogP contribution in [0.1, 0.15) is 11.2 Å². The number of imidazole rings is 1. The Hall–Kier alpha value is -2.06. The zero-order valence-electron chi connectivity index (χ0n) is 8.82. The molecule has 4 N–H and O–H groups in total. The van der Waals surface area contributed by atoms with Gasteiger partial charge in [-0.2, -0.15) is 0 Å². The number of carbonyl (C=O) groups is 1. The zero-order valence-corrected chi connectivity index (χ0v) is 8.82. The van der Waals surface area contributed by atoms with Gasteiger partial charge in [-0.1, -0.05) is 0 Å². The topological polar surface area (TPSA) is 127 Å². The number of anilines is 1. The standard InChI is InChI=1S/C9H11N5O3/c10-8-7-9(12-3-11-8)14(4-13-7)6(17)1-5(16)2-15/h3-5,15-16H,1-2H2,(H2,10,11,12)/t5-/m1/s1. The molecule has 0 aromatic carbocycles. The van der Waals surface area contributed by atoms with Crippen LogP contribution in [0.3, 0.4) is 0 Å². The molecule has 0 aliphatic carbocycles. The van der Waals surface area contributed by atoms with Crippen LogP contribution in [0.4, 0.5) is 5.82 Å². The minimum atomic E-state index is -1.10. The largest absolute Gasteiger partial charge is 0.394 e. The quantitative estimate of drug-likeness (QED) is 0.611. The van der Waals surface area contributed by atoms with Crippen molar-refractivity contribution in [2.75, 3.05) is 12.3 Å². The van der Waals surface area contributed by atoms with E-state index < -0.39 is 18.6 Å². The molecule has 2 rings (SSSR count). The highest BCUT2D eigenvalue weighted by molar-refractivity contribution is 5.91. The predicted molar refractivity (Wildman–Crippen MR) is 58.1 cm³/mol. The number of nitrogens with zero attached hydrogens (tertiary/aromatic N) is 4. The van der Waals surface area contributed by atoms with E-state index in [9.17, 15) is 9.90 Å². The number of fused-ring (bicyclic) bond motifs is 1. The fourth-order valence-corrected chi connectivity index (χ4v) is 1.40. The molecule has 0 aliphatic rings. The van der Waals surface area contributed by atoms with Crippen LogP contribution in [0.2, 0.25) is 0 Å². The maximum absolute atomic E-state index is 11.8. The Morgan fingerprint density at radius 2 is 2.24 bits per heavy atom. The van der Waals surface area contributed by atoms with Crippen molar-refractivity contribution in [1.82, 2.24) is 19.5 Å². The molecule has 2 aromatic rings. The second kappa shape index (κ2) is 4.44. The highest BCUT2D eigenvalue weighted by Crippen LogP contribution is 2.14. The van der Waals surface area contributed by atoms with Crippen LogP contribution in [-0.2, 0) is 0 Å². The first-order chi connectivity index (χ1) is 8.13. The van der Waals surface area contributed by atoms with Crippen molar-refractivity contribution in [1.29, 1.82) is 0 Å². The molecular weight excluding hydrogens is 226 g/mol. The van der Waals surface area contributed by atoms with E-state index in [0.717, 1.165) is 0 Å². The van der Waals surface area contributed by atoms with Crippen molar-refractivity contribution in [2.24, 2.45) is 0 Å². The zero-order chi connectivity index (χ0) is 12.4. The van der Waals surface area contributed by atoms with Crippen molar-refractivity contribution >= 4 is 22.9 Å². The van der Waals surface area contributed by atoms with Crippen molar-refractivity contribution in [3.8, 4) is 0 Å². The van der Waals surface area contributed by atoms with Gasteiger partial charge in [-0.05, 0) is 0 Å². The van der Waals surface area contributed by atoms with E-state index in [-0.39, 0.29) is 17.9 Å². The first-order valence-electron chi connectivity index (χ1n) is 4.89. The van der Waals surface area contributed by atoms with E-state index in [2.05, 4.69) is 15.0 Å². The van der Waals surface area contributed by atoms with Crippen molar-refractivity contribution in [3.05, 3.63) is 12.7 Å². The first kappa shape index (κ1) is 11.4. The van der Waals surface area contributed by atoms with E-state index in [1.54, 1.807) is 0 Å². The molecule has 0 fully saturated rings. The van der Waals surface area contributed by atoms with Gasteiger partial charge < -0.3 is 15.9 Å². The lowest BCUT2D eigenvalue weighted by Gasteiger charge is -2.06. The van der Waals surface area contributed by atoms with Gasteiger partial charge in [-0.3, -0.25) is 9.36 Å². The Balaban J connectivity index is 2.36. The van der Waals surface area contributed by atoms with E-state index in [1.165, 1.54) is 17.2 Å². The molecule has 90 valence electrons. The molecule has 2 aromatic heterocycles. The average molecular weight is 237 g/mol. The number of hydrogen-bond acceptors (Lipinski definition) is 7. The predicted octanol–water partition coefficient (Wildman–Crippen LogP) is -1.21. The van der Waals surface area contributed by atoms with E-state index >= 15 is 0 Å². The third-order valence-electron chi connectivity index (χ3n) is 2.25. The highest BCUT2D eigenvalue weighted by Gasteiger charge is 2.16. The Kier molecular flexibility index (Phi) is 2.98. The molecule has 0 radical (unpaired) electrons. The maximum Gasteiger partial charge on any atom is 0.236 e. The van der Waals surface area contributed by atoms with Crippen LogP contribution >= 0.6 is 0 Å². The summed E-state index contributed by atoms with van der Waals surface area (Å²) in [5.41, 5.74) is 6.19. The van der Waals surface area contributed by atoms with Gasteiger partial charge in [0.2, 0.25) is 5.91 Å². The third-order valence-corrected chi connectivity index (χ3v) is 2.25. The normalized spacial score (nSPS) is 12.8. The minimum Gasteiger partial charge on any atom is -0.394 e. The lowest BCUT2D eigenvalue weighted by molar-refractivity contribution is 0.0645. The summed E-state index contributed by atoms with van der Waals surface area (Å²) in [6.07, 6.45) is 1.18. The highest BCUT2D eigenvalue weighted by atomic mass is 16.3. The van der Waals surface area contributed by atoms with Crippen LogP contribution in [0.15, 0.2) is 12.7 Å². The van der Waals surface area contributed by atoms with E-state index in [1.807, 2.05) is 0 Å². The maximum atomic E-state index is 11.8. The number of hydrogen-bond donors (Lipinski definition) is 3. The van der Waals surface area contributed by atoms with Gasteiger partial charge in [0.15, 0.2) is 17.0 Å². The molecule has 0 saturated heterocycles. The van der Waals surface area contributed by atoms with E-state index in [0.29, 0.717) is 5.52 Å². The number of carbonyl (C=O) groups excluding carboxylic acids is 1. The molecule has 0 saturated carbocycles. The lowest BCUT2D eigenvalue weighted by atomic mass is 10.2. The molecular formula is C9H11N5O3. The molecule has 0 bridgehead atoms. The van der Waals surface area contributed by atoms with Gasteiger partial charge in [0, 0.05) is 0 Å². The Labute approximate surface area is 95.7 Å². The number of aliphatic hydroxyl groups excluding tert-OH is 2. The fourth-order valence-electron chi connectivity index (χ4n) is 1.40. The second-order valence-corrected chi connectivity index (χ2v) is 3.48. The summed E-state index contributed by atoms with van der Waals surface area (Å²) in [5.74, 6) is -0.239. The van der Waals surface area contributed by atoms with Gasteiger partial charge in [-0.15, -0.1) is 0 Å². The van der Waals surface area contributed by atoms with Crippen LogP contribution in [-0.4, -0.2) is 48.4 Å². The molecule has 8 heteroatoms. The van der Waals surface area contributed by atoms with Gasteiger partial charge in [0.05, 0.1) is 19.1 Å². The summed E-state index contributed by atoms with van der Waals surface area (Å²) in [6, 6.07) is 0. The lowest BCUT2D eigenvalue weighted by Crippen LogP contribution is -2.21. The summed E-state index contributed by atoms with van der Waals surface area (Å²) in [4.78, 5) is 23.3. The first-order valence-corrected chi connectivity index (χ1v) is 4.89. The van der Waals surface area contributed by atoms with Crippen LogP contribution in [0.25, 0.3) is 11.2 Å². The van der Waals surface area contributed by atoms with Crippen molar-refractivity contribution in [2.45, 2.75) is 12.5 Å². The van der Waals surface area contributed by atoms with Crippen molar-refractivity contribution < 1.29 is 15.0 Å². The summed E-state index contributed by atoms with van der Waals surface area (Å²) in [6.45, 7) is -0.477. The molecule has 0 spiro atoms. The monoisotopic (exact) mass is 237 g/mol. The molecule has 1 atom stereocenters. The Morgan fingerprint density at radius 1 is 1.47 bits per heavy atom. The smallest absolute Gasteiger partial charge is 0.236 e. The fraction of sp³-hybridized carbons (Fsp3) is 0.333. The van der Waals surface area contributed by atoms with E-state index in [4.69, 9.17) is 10.8 Å². The Morgan fingerprint density at radius 3 is 2.94 bits per heavy atom. The van der Waals surface area contributed by atoms with Crippen LogP contribution in [0, 0.1) is 0 Å². The number of nitrogens with two attached hydrogens (primary N) is 1. The summed E-state index contributed by atoms with van der Waals surface area (Å²) in [5, 5.41) is 17.9. The summed E-state index contributed by atoms with van der Waals surface area (Å²) < 4.78 is 1.17. The van der Waals surface area contributed by atoms with Crippen LogP contribution in [0.5, 0.6) is 0 Å². The van der Waals surface area contributed by atoms with Gasteiger partial charge in [0.25, 0.3) is 0 Å². The van der Waals surface area contributed by atoms with Gasteiger partial charge in [-0.25, -0.2) is 15.0 Å².